The van der Waals surface area contributed by atoms with Crippen LogP contribution in [0.4, 0.5) is 0 Å². The fraction of sp³-hybridized carbons (Fsp3) is 0.409. The number of benzene rings is 1. The van der Waals surface area contributed by atoms with E-state index in [-0.39, 0.29) is 4.49 Å². The van der Waals surface area contributed by atoms with E-state index >= 15 is 0 Å². The summed E-state index contributed by atoms with van der Waals surface area (Å²) in [6, 6.07) is 8.47. The van der Waals surface area contributed by atoms with Crippen molar-refractivity contribution in [2.45, 2.75) is 45.4 Å². The number of fused-ring (bicyclic) bond motifs is 3. The smallest absolute Gasteiger partial charge is 0.311 e. The molecule has 1 N–H and O–H groups in total. The Labute approximate surface area is 173 Å². The third kappa shape index (κ3) is 2.28. The van der Waals surface area contributed by atoms with E-state index in [9.17, 15) is 9.90 Å². The Balaban J connectivity index is 2.03. The van der Waals surface area contributed by atoms with Crippen LogP contribution in [0.2, 0.25) is 0 Å². The van der Waals surface area contributed by atoms with Crippen LogP contribution < -0.4 is 0 Å². The van der Waals surface area contributed by atoms with Crippen molar-refractivity contribution in [2.75, 3.05) is 0 Å². The summed E-state index contributed by atoms with van der Waals surface area (Å²) in [5.74, 6) is -0.818. The first-order chi connectivity index (χ1) is 12.7. The third-order valence-electron chi connectivity index (χ3n) is 7.18. The molecular weight excluding hydrogens is 399 g/mol. The van der Waals surface area contributed by atoms with Crippen LogP contribution in [0.25, 0.3) is 10.4 Å². The van der Waals surface area contributed by atoms with Crippen LogP contribution in [0.3, 0.4) is 0 Å². The number of aryl methyl sites for hydroxylation is 1. The minimum absolute atomic E-state index is 0.121. The lowest BCUT2D eigenvalue weighted by Crippen LogP contribution is -2.23. The van der Waals surface area contributed by atoms with E-state index in [0.29, 0.717) is 0 Å². The zero-order valence-electron chi connectivity index (χ0n) is 15.6. The van der Waals surface area contributed by atoms with Gasteiger partial charge in [0.1, 0.15) is 4.49 Å². The molecule has 2 atom stereocenters. The maximum Gasteiger partial charge on any atom is 0.311 e. The summed E-state index contributed by atoms with van der Waals surface area (Å²) in [7, 11) is 0. The van der Waals surface area contributed by atoms with Crippen LogP contribution in [0.5, 0.6) is 0 Å². The van der Waals surface area contributed by atoms with Gasteiger partial charge >= 0.3 is 5.97 Å². The fourth-order valence-corrected chi connectivity index (χ4v) is 6.74. The molecule has 2 unspecified atom stereocenters. The molecule has 2 aliphatic carbocycles. The van der Waals surface area contributed by atoms with Gasteiger partial charge < -0.3 is 5.11 Å². The van der Waals surface area contributed by atoms with Crippen molar-refractivity contribution < 1.29 is 9.90 Å². The summed E-state index contributed by atoms with van der Waals surface area (Å²) in [6.45, 7) is 5.82. The summed E-state index contributed by atoms with van der Waals surface area (Å²) < 4.78 is 0.121. The lowest BCUT2D eigenvalue weighted by molar-refractivity contribution is -0.144. The van der Waals surface area contributed by atoms with Crippen LogP contribution in [0, 0.1) is 10.8 Å². The predicted molar refractivity (Wildman–Crippen MR) is 113 cm³/mol. The maximum absolute atomic E-state index is 12.3. The zero-order valence-corrected chi connectivity index (χ0v) is 17.9. The van der Waals surface area contributed by atoms with Crippen molar-refractivity contribution in [3.05, 3.63) is 56.9 Å². The number of hydrogen-bond donors (Lipinski definition) is 1. The lowest BCUT2D eigenvalue weighted by atomic mass is 9.80. The molecule has 142 valence electrons. The summed E-state index contributed by atoms with van der Waals surface area (Å²) in [6.07, 6.45) is 4.78. The average molecular weight is 421 g/mol. The van der Waals surface area contributed by atoms with Crippen molar-refractivity contribution in [3.8, 4) is 10.4 Å². The van der Waals surface area contributed by atoms with E-state index < -0.39 is 22.2 Å². The Morgan fingerprint density at radius 3 is 2.56 bits per heavy atom. The number of aliphatic carboxylic acids is 1. The molecule has 1 aromatic carbocycles. The van der Waals surface area contributed by atoms with Crippen LogP contribution >= 0.6 is 34.5 Å². The van der Waals surface area contributed by atoms with E-state index in [1.54, 1.807) is 17.4 Å². The lowest BCUT2D eigenvalue weighted by Gasteiger charge is -2.23. The molecule has 0 spiro atoms. The van der Waals surface area contributed by atoms with Gasteiger partial charge in [0, 0.05) is 10.3 Å². The Kier molecular flexibility index (Phi) is 4.30. The van der Waals surface area contributed by atoms with Gasteiger partial charge in [-0.2, -0.15) is 0 Å². The molecule has 0 bridgehead atoms. The molecule has 2 aromatic rings. The molecule has 0 aliphatic heterocycles. The van der Waals surface area contributed by atoms with Crippen LogP contribution in [-0.4, -0.2) is 11.1 Å². The number of carboxylic acids is 1. The van der Waals surface area contributed by atoms with Crippen molar-refractivity contribution in [1.29, 1.82) is 0 Å². The van der Waals surface area contributed by atoms with Gasteiger partial charge in [0.2, 0.25) is 0 Å². The number of carbonyl (C=O) groups is 1. The molecule has 2 nitrogen and oxygen atoms in total. The molecule has 4 rings (SSSR count). The van der Waals surface area contributed by atoms with Gasteiger partial charge in [0.15, 0.2) is 0 Å². The topological polar surface area (TPSA) is 37.3 Å². The maximum atomic E-state index is 12.3. The van der Waals surface area contributed by atoms with E-state index in [1.807, 2.05) is 26.8 Å². The van der Waals surface area contributed by atoms with Crippen LogP contribution in [0.1, 0.15) is 43.9 Å². The summed E-state index contributed by atoms with van der Waals surface area (Å²) in [4.78, 5) is 13.7. The minimum Gasteiger partial charge on any atom is -0.481 e. The summed E-state index contributed by atoms with van der Waals surface area (Å²) in [5, 5.41) is 12.3. The van der Waals surface area contributed by atoms with Gasteiger partial charge in [-0.25, -0.2) is 0 Å². The van der Waals surface area contributed by atoms with Crippen molar-refractivity contribution >= 4 is 40.5 Å². The predicted octanol–water partition coefficient (Wildman–Crippen LogP) is 6.59. The van der Waals surface area contributed by atoms with E-state index in [1.165, 1.54) is 21.6 Å². The second-order valence-electron chi connectivity index (χ2n) is 8.26. The standard InChI is InChI=1S/C22H22Cl2O2S/c1-20(2)21(3,19(25)26)22(20,12-17(23)24)16-9-5-8-15-14(16)7-4-6-13-10-11-27-18(13)15/h5,8-12H,4,6-7H2,1-3H3,(H,25,26). The first kappa shape index (κ1) is 19.0. The van der Waals surface area contributed by atoms with E-state index in [0.717, 1.165) is 24.8 Å². The first-order valence-electron chi connectivity index (χ1n) is 9.15. The van der Waals surface area contributed by atoms with Gasteiger partial charge in [-0.3, -0.25) is 4.79 Å². The molecule has 1 heterocycles. The zero-order chi connectivity index (χ0) is 19.6. The molecule has 0 radical (unpaired) electrons. The highest BCUT2D eigenvalue weighted by Gasteiger charge is 2.83. The molecule has 0 amide bonds. The van der Waals surface area contributed by atoms with Crippen molar-refractivity contribution in [3.63, 3.8) is 0 Å². The largest absolute Gasteiger partial charge is 0.481 e. The second-order valence-corrected chi connectivity index (χ2v) is 10.2. The minimum atomic E-state index is -0.977. The second kappa shape index (κ2) is 6.10. The number of hydrogen-bond acceptors (Lipinski definition) is 2. The first-order valence-corrected chi connectivity index (χ1v) is 10.8. The highest BCUT2D eigenvalue weighted by atomic mass is 35.5. The number of carboxylic acid groups (broad SMARTS) is 1. The number of rotatable bonds is 3. The third-order valence-corrected chi connectivity index (χ3v) is 8.39. The van der Waals surface area contributed by atoms with Gasteiger partial charge in [-0.05, 0) is 71.4 Å². The van der Waals surface area contributed by atoms with Crippen molar-refractivity contribution in [2.24, 2.45) is 10.8 Å². The van der Waals surface area contributed by atoms with Crippen LogP contribution in [-0.2, 0) is 23.1 Å². The highest BCUT2D eigenvalue weighted by molar-refractivity contribution is 7.13. The Bertz CT molecular complexity index is 970. The Morgan fingerprint density at radius 2 is 1.93 bits per heavy atom. The fourth-order valence-electron chi connectivity index (χ4n) is 5.40. The molecule has 5 heteroatoms. The quantitative estimate of drug-likeness (QED) is 0.607. The number of allylic oxidation sites excluding steroid dienone is 1. The molecule has 1 fully saturated rings. The summed E-state index contributed by atoms with van der Waals surface area (Å²) in [5.41, 5.74) is 2.67. The normalized spacial score (nSPS) is 27.9. The molecule has 0 saturated heterocycles. The average Bonchev–Trinajstić information content (AvgIpc) is 2.86. The molecule has 2 aliphatic rings. The molecular formula is C22H22Cl2O2S. The van der Waals surface area contributed by atoms with Gasteiger partial charge in [-0.1, -0.05) is 55.2 Å². The highest BCUT2D eigenvalue weighted by Crippen LogP contribution is 2.80. The number of thiophene rings is 1. The SMILES string of the molecule is CC1(C)C(C)(C(=O)O)C1(C=C(Cl)Cl)c1cccc2c1CCCc1ccsc1-2. The van der Waals surface area contributed by atoms with Gasteiger partial charge in [0.25, 0.3) is 0 Å². The van der Waals surface area contributed by atoms with Gasteiger partial charge in [0.05, 0.1) is 5.41 Å². The number of halogens is 2. The Hall–Kier alpha value is -1.29. The van der Waals surface area contributed by atoms with E-state index in [4.69, 9.17) is 23.2 Å². The van der Waals surface area contributed by atoms with Crippen LogP contribution in [0.15, 0.2) is 40.2 Å². The van der Waals surface area contributed by atoms with E-state index in [2.05, 4.69) is 23.6 Å². The molecule has 1 aromatic heterocycles. The molecule has 1 saturated carbocycles. The Morgan fingerprint density at radius 1 is 1.19 bits per heavy atom. The monoisotopic (exact) mass is 420 g/mol. The van der Waals surface area contributed by atoms with Gasteiger partial charge in [-0.15, -0.1) is 11.3 Å². The summed E-state index contributed by atoms with van der Waals surface area (Å²) >= 11 is 14.0. The molecule has 27 heavy (non-hydrogen) atoms. The van der Waals surface area contributed by atoms with Crippen molar-refractivity contribution in [1.82, 2.24) is 0 Å².